The zero-order valence-corrected chi connectivity index (χ0v) is 16.4. The molecule has 146 valence electrons. The lowest BCUT2D eigenvalue weighted by Crippen LogP contribution is -2.42. The van der Waals surface area contributed by atoms with Gasteiger partial charge in [-0.15, -0.1) is 0 Å². The minimum absolute atomic E-state index is 0.515. The maximum Gasteiger partial charge on any atom is 0.195 e. The van der Waals surface area contributed by atoms with Gasteiger partial charge < -0.3 is 24.8 Å². The number of nitrogens with zero attached hydrogens (tertiary/aromatic N) is 2. The average Bonchev–Trinajstić information content (AvgIpc) is 2.66. The van der Waals surface area contributed by atoms with Crippen LogP contribution in [0.25, 0.3) is 0 Å². The number of rotatable bonds is 8. The summed E-state index contributed by atoms with van der Waals surface area (Å²) in [6.45, 7) is 10.4. The Morgan fingerprint density at radius 2 is 2.08 bits per heavy atom. The van der Waals surface area contributed by atoms with E-state index in [4.69, 9.17) is 14.2 Å². The van der Waals surface area contributed by atoms with Gasteiger partial charge in [-0.3, -0.25) is 9.89 Å². The van der Waals surface area contributed by atoms with Crippen molar-refractivity contribution in [1.29, 1.82) is 0 Å². The molecule has 0 bridgehead atoms. The number of aliphatic imine (C=N–C) groups is 1. The first-order valence-electron chi connectivity index (χ1n) is 9.24. The summed E-state index contributed by atoms with van der Waals surface area (Å²) in [4.78, 5) is 6.76. The van der Waals surface area contributed by atoms with E-state index in [1.807, 2.05) is 25.1 Å². The lowest BCUT2D eigenvalue weighted by Gasteiger charge is -2.29. The standard InChI is InChI=1S/C19H32N4O3/c1-5-26-18-12-16(6-7-17(18)24-4)22-19(20-3)21-13-15(2)14-23-8-10-25-11-9-23/h6-7,12,15H,5,8-11,13-14H2,1-4H3,(H2,20,21,22). The van der Waals surface area contributed by atoms with E-state index in [2.05, 4.69) is 27.4 Å². The summed E-state index contributed by atoms with van der Waals surface area (Å²) >= 11 is 0. The Balaban J connectivity index is 1.85. The average molecular weight is 364 g/mol. The van der Waals surface area contributed by atoms with Crippen LogP contribution in [0.3, 0.4) is 0 Å². The van der Waals surface area contributed by atoms with Crippen LogP contribution in [0.2, 0.25) is 0 Å². The number of morpholine rings is 1. The van der Waals surface area contributed by atoms with Gasteiger partial charge in [0.1, 0.15) is 0 Å². The topological polar surface area (TPSA) is 67.4 Å². The molecule has 1 unspecified atom stereocenters. The second kappa shape index (κ2) is 10.9. The number of nitrogens with one attached hydrogen (secondary N) is 2. The second-order valence-electron chi connectivity index (χ2n) is 6.39. The summed E-state index contributed by atoms with van der Waals surface area (Å²) in [5.74, 6) is 2.70. The number of hydrogen-bond donors (Lipinski definition) is 2. The number of hydrogen-bond acceptors (Lipinski definition) is 5. The molecule has 0 amide bonds. The molecular formula is C19H32N4O3. The molecule has 0 aromatic heterocycles. The van der Waals surface area contributed by atoms with E-state index in [9.17, 15) is 0 Å². The number of benzene rings is 1. The van der Waals surface area contributed by atoms with Crippen LogP contribution in [0, 0.1) is 5.92 Å². The zero-order chi connectivity index (χ0) is 18.8. The number of guanidine groups is 1. The summed E-state index contributed by atoms with van der Waals surface area (Å²) < 4.78 is 16.3. The van der Waals surface area contributed by atoms with E-state index in [1.54, 1.807) is 14.2 Å². The number of ether oxygens (including phenoxy) is 3. The van der Waals surface area contributed by atoms with Gasteiger partial charge >= 0.3 is 0 Å². The first-order valence-corrected chi connectivity index (χ1v) is 9.24. The minimum atomic E-state index is 0.515. The molecule has 0 spiro atoms. The first-order chi connectivity index (χ1) is 12.7. The third kappa shape index (κ3) is 6.38. The molecule has 7 nitrogen and oxygen atoms in total. The fourth-order valence-corrected chi connectivity index (χ4v) is 2.90. The zero-order valence-electron chi connectivity index (χ0n) is 16.4. The molecule has 1 aromatic carbocycles. The Hall–Kier alpha value is -1.99. The lowest BCUT2D eigenvalue weighted by molar-refractivity contribution is 0.0320. The van der Waals surface area contributed by atoms with Crippen LogP contribution in [0.5, 0.6) is 11.5 Å². The van der Waals surface area contributed by atoms with Crippen molar-refractivity contribution in [2.45, 2.75) is 13.8 Å². The van der Waals surface area contributed by atoms with Gasteiger partial charge in [-0.05, 0) is 25.0 Å². The Labute approximate surface area is 156 Å². The predicted octanol–water partition coefficient (Wildman–Crippen LogP) is 2.05. The van der Waals surface area contributed by atoms with Crippen molar-refractivity contribution < 1.29 is 14.2 Å². The third-order valence-electron chi connectivity index (χ3n) is 4.24. The highest BCUT2D eigenvalue weighted by atomic mass is 16.5. The van der Waals surface area contributed by atoms with E-state index in [1.165, 1.54) is 0 Å². The fraction of sp³-hybridized carbons (Fsp3) is 0.632. The molecular weight excluding hydrogens is 332 g/mol. The molecule has 1 fully saturated rings. The van der Waals surface area contributed by atoms with Gasteiger partial charge in [-0.1, -0.05) is 6.92 Å². The van der Waals surface area contributed by atoms with E-state index in [0.29, 0.717) is 12.5 Å². The molecule has 0 saturated carbocycles. The predicted molar refractivity (Wildman–Crippen MR) is 106 cm³/mol. The molecule has 26 heavy (non-hydrogen) atoms. The van der Waals surface area contributed by atoms with Crippen molar-refractivity contribution in [3.63, 3.8) is 0 Å². The summed E-state index contributed by atoms with van der Waals surface area (Å²) in [6, 6.07) is 5.76. The number of methoxy groups -OCH3 is 1. The van der Waals surface area contributed by atoms with Gasteiger partial charge in [0, 0.05) is 45.0 Å². The van der Waals surface area contributed by atoms with Crippen LogP contribution in [0.15, 0.2) is 23.2 Å². The molecule has 0 aliphatic carbocycles. The van der Waals surface area contributed by atoms with Gasteiger partial charge in [0.2, 0.25) is 0 Å². The third-order valence-corrected chi connectivity index (χ3v) is 4.24. The largest absolute Gasteiger partial charge is 0.493 e. The first kappa shape index (κ1) is 20.3. The van der Waals surface area contributed by atoms with Crippen molar-refractivity contribution >= 4 is 11.6 Å². The quantitative estimate of drug-likeness (QED) is 0.544. The lowest BCUT2D eigenvalue weighted by atomic mass is 10.1. The number of anilines is 1. The molecule has 1 aliphatic heterocycles. The molecule has 1 aromatic rings. The highest BCUT2D eigenvalue weighted by molar-refractivity contribution is 5.93. The molecule has 2 N–H and O–H groups in total. The van der Waals surface area contributed by atoms with Crippen LogP contribution in [-0.2, 0) is 4.74 Å². The Bertz CT molecular complexity index is 574. The van der Waals surface area contributed by atoms with Gasteiger partial charge in [0.15, 0.2) is 17.5 Å². The van der Waals surface area contributed by atoms with Crippen LogP contribution in [0.1, 0.15) is 13.8 Å². The maximum atomic E-state index is 5.63. The van der Waals surface area contributed by atoms with E-state index in [0.717, 1.165) is 62.5 Å². The van der Waals surface area contributed by atoms with Crippen molar-refractivity contribution in [2.75, 3.05) is 65.5 Å². The fourth-order valence-electron chi connectivity index (χ4n) is 2.90. The van der Waals surface area contributed by atoms with Gasteiger partial charge in [-0.2, -0.15) is 0 Å². The van der Waals surface area contributed by atoms with Crippen molar-refractivity contribution in [3.8, 4) is 11.5 Å². The Morgan fingerprint density at radius 1 is 1.31 bits per heavy atom. The molecule has 0 radical (unpaired) electrons. The van der Waals surface area contributed by atoms with Crippen molar-refractivity contribution in [1.82, 2.24) is 10.2 Å². The van der Waals surface area contributed by atoms with Crippen LogP contribution >= 0.6 is 0 Å². The maximum absolute atomic E-state index is 5.63. The molecule has 1 atom stereocenters. The summed E-state index contributed by atoms with van der Waals surface area (Å²) in [5, 5.41) is 6.70. The van der Waals surface area contributed by atoms with Crippen LogP contribution < -0.4 is 20.1 Å². The molecule has 1 saturated heterocycles. The summed E-state index contributed by atoms with van der Waals surface area (Å²) in [5.41, 5.74) is 0.906. The molecule has 2 rings (SSSR count). The van der Waals surface area contributed by atoms with Crippen molar-refractivity contribution in [2.24, 2.45) is 10.9 Å². The SMILES string of the molecule is CCOc1cc(NC(=NC)NCC(C)CN2CCOCC2)ccc1OC. The van der Waals surface area contributed by atoms with Gasteiger partial charge in [-0.25, -0.2) is 0 Å². The van der Waals surface area contributed by atoms with E-state index >= 15 is 0 Å². The summed E-state index contributed by atoms with van der Waals surface area (Å²) in [7, 11) is 3.41. The second-order valence-corrected chi connectivity index (χ2v) is 6.39. The van der Waals surface area contributed by atoms with Crippen LogP contribution in [0.4, 0.5) is 5.69 Å². The molecule has 1 heterocycles. The van der Waals surface area contributed by atoms with Crippen molar-refractivity contribution in [3.05, 3.63) is 18.2 Å². The smallest absolute Gasteiger partial charge is 0.195 e. The monoisotopic (exact) mass is 364 g/mol. The van der Waals surface area contributed by atoms with Crippen LogP contribution in [-0.4, -0.2) is 71.0 Å². The minimum Gasteiger partial charge on any atom is -0.493 e. The van der Waals surface area contributed by atoms with E-state index in [-0.39, 0.29) is 0 Å². The van der Waals surface area contributed by atoms with Gasteiger partial charge in [0.25, 0.3) is 0 Å². The normalized spacial score (nSPS) is 16.8. The molecule has 7 heteroatoms. The summed E-state index contributed by atoms with van der Waals surface area (Å²) in [6.07, 6.45) is 0. The van der Waals surface area contributed by atoms with E-state index < -0.39 is 0 Å². The highest BCUT2D eigenvalue weighted by Gasteiger charge is 2.14. The highest BCUT2D eigenvalue weighted by Crippen LogP contribution is 2.30. The Morgan fingerprint density at radius 3 is 2.73 bits per heavy atom. The Kier molecular flexibility index (Phi) is 8.50. The molecule has 1 aliphatic rings. The van der Waals surface area contributed by atoms with Gasteiger partial charge in [0.05, 0.1) is 26.9 Å².